The average molecular weight is 310 g/mol. The van der Waals surface area contributed by atoms with Crippen LogP contribution in [-0.4, -0.2) is 30.3 Å². The monoisotopic (exact) mass is 310 g/mol. The Labute approximate surface area is 127 Å². The largest absolute Gasteiger partial charge is 0.488 e. The molecule has 116 valence electrons. The number of hydrogen-bond acceptors (Lipinski definition) is 4. The third-order valence-electron chi connectivity index (χ3n) is 4.56. The molecule has 0 heterocycles. The minimum absolute atomic E-state index is 0.296. The quantitative estimate of drug-likeness (QED) is 0.783. The summed E-state index contributed by atoms with van der Waals surface area (Å²) in [6.45, 7) is 2.08. The van der Waals surface area contributed by atoms with Gasteiger partial charge in [-0.15, -0.1) is 0 Å². The Morgan fingerprint density at radius 3 is 2.19 bits per heavy atom. The molecule has 1 aromatic carbocycles. The van der Waals surface area contributed by atoms with Crippen LogP contribution in [0.5, 0.6) is 0 Å². The summed E-state index contributed by atoms with van der Waals surface area (Å²) in [5.41, 5.74) is 0.308. The second kappa shape index (κ2) is 6.50. The molecule has 0 spiro atoms. The Morgan fingerprint density at radius 1 is 1.14 bits per heavy atom. The lowest BCUT2D eigenvalue weighted by atomic mass is 9.81. The molecule has 6 heteroatoms. The number of hydrogen-bond donors (Lipinski definition) is 2. The van der Waals surface area contributed by atoms with Crippen LogP contribution >= 0.6 is 0 Å². The van der Waals surface area contributed by atoms with Gasteiger partial charge >= 0.3 is 7.12 Å². The van der Waals surface area contributed by atoms with E-state index in [2.05, 4.69) is 6.92 Å². The zero-order valence-electron chi connectivity index (χ0n) is 12.5. The van der Waals surface area contributed by atoms with Crippen LogP contribution in [0.4, 0.5) is 0 Å². The predicted octanol–water partition coefficient (Wildman–Crippen LogP) is 1.64. The van der Waals surface area contributed by atoms with Crippen LogP contribution in [0.1, 0.15) is 51.9 Å². The van der Waals surface area contributed by atoms with E-state index in [-0.39, 0.29) is 0 Å². The van der Waals surface area contributed by atoms with Crippen LogP contribution in [0.15, 0.2) is 29.2 Å². The van der Waals surface area contributed by atoms with Crippen molar-refractivity contribution in [2.24, 2.45) is 0 Å². The maximum absolute atomic E-state index is 13.0. The molecule has 4 nitrogen and oxygen atoms in total. The highest BCUT2D eigenvalue weighted by Gasteiger charge is 2.45. The molecule has 1 aliphatic rings. The van der Waals surface area contributed by atoms with Gasteiger partial charge in [0.25, 0.3) is 0 Å². The number of benzene rings is 1. The lowest BCUT2D eigenvalue weighted by molar-refractivity contribution is 0.425. The Hall–Kier alpha value is -0.845. The number of unbranched alkanes of at least 4 members (excludes halogenated alkanes) is 1. The van der Waals surface area contributed by atoms with Crippen LogP contribution in [0.2, 0.25) is 0 Å². The third-order valence-corrected chi connectivity index (χ3v) is 7.20. The van der Waals surface area contributed by atoms with Crippen LogP contribution in [-0.2, 0) is 9.84 Å². The van der Waals surface area contributed by atoms with Crippen LogP contribution in [0.25, 0.3) is 0 Å². The van der Waals surface area contributed by atoms with E-state index in [0.717, 1.165) is 44.9 Å². The zero-order valence-corrected chi connectivity index (χ0v) is 13.3. The van der Waals surface area contributed by atoms with Crippen molar-refractivity contribution in [1.29, 1.82) is 0 Å². The summed E-state index contributed by atoms with van der Waals surface area (Å²) in [5.74, 6) is 0. The fourth-order valence-corrected chi connectivity index (χ4v) is 5.47. The fraction of sp³-hybridized carbons (Fsp3) is 0.600. The molecule has 0 atom stereocenters. The van der Waals surface area contributed by atoms with Crippen molar-refractivity contribution in [2.45, 2.75) is 61.5 Å². The summed E-state index contributed by atoms with van der Waals surface area (Å²) in [4.78, 5) is 0.296. The zero-order chi connectivity index (χ0) is 15.5. The summed E-state index contributed by atoms with van der Waals surface area (Å²) in [6, 6.07) is 5.94. The van der Waals surface area contributed by atoms with E-state index in [1.807, 2.05) is 0 Å². The van der Waals surface area contributed by atoms with Gasteiger partial charge in [-0.3, -0.25) is 0 Å². The standard InChI is InChI=1S/C15H23BO4S/c1-2-3-10-15(11-4-5-12-15)21(19,20)14-8-6-13(7-9-14)16(17)18/h6-9,17-18H,2-5,10-12H2,1H3. The van der Waals surface area contributed by atoms with Gasteiger partial charge in [0.05, 0.1) is 9.64 Å². The summed E-state index contributed by atoms with van der Waals surface area (Å²) < 4.78 is 25.4. The molecular weight excluding hydrogens is 287 g/mol. The van der Waals surface area contributed by atoms with Gasteiger partial charge < -0.3 is 10.0 Å². The van der Waals surface area contributed by atoms with Gasteiger partial charge in [0.1, 0.15) is 0 Å². The molecule has 1 saturated carbocycles. The van der Waals surface area contributed by atoms with Crippen molar-refractivity contribution in [2.75, 3.05) is 0 Å². The molecule has 0 saturated heterocycles. The predicted molar refractivity (Wildman–Crippen MR) is 84.2 cm³/mol. The molecule has 0 radical (unpaired) electrons. The Balaban J connectivity index is 2.34. The molecule has 1 fully saturated rings. The van der Waals surface area contributed by atoms with Gasteiger partial charge in [-0.25, -0.2) is 8.42 Å². The first-order valence-corrected chi connectivity index (χ1v) is 9.12. The molecule has 21 heavy (non-hydrogen) atoms. The Bertz CT molecular complexity index is 560. The molecule has 0 unspecified atom stereocenters. The molecule has 1 aliphatic carbocycles. The van der Waals surface area contributed by atoms with Crippen molar-refractivity contribution >= 4 is 22.4 Å². The molecule has 1 aromatic rings. The van der Waals surface area contributed by atoms with Gasteiger partial charge in [-0.1, -0.05) is 44.7 Å². The van der Waals surface area contributed by atoms with Crippen molar-refractivity contribution in [3.05, 3.63) is 24.3 Å². The summed E-state index contributed by atoms with van der Waals surface area (Å²) in [6.07, 6.45) is 6.04. The van der Waals surface area contributed by atoms with E-state index in [4.69, 9.17) is 10.0 Å². The second-order valence-electron chi connectivity index (χ2n) is 5.94. The van der Waals surface area contributed by atoms with Crippen LogP contribution in [0, 0.1) is 0 Å². The third kappa shape index (κ3) is 3.17. The van der Waals surface area contributed by atoms with Crippen molar-refractivity contribution in [3.8, 4) is 0 Å². The summed E-state index contributed by atoms with van der Waals surface area (Å²) in [5, 5.41) is 18.2. The van der Waals surface area contributed by atoms with Gasteiger partial charge in [0, 0.05) is 0 Å². The molecule has 0 amide bonds. The van der Waals surface area contributed by atoms with Gasteiger partial charge in [0.15, 0.2) is 9.84 Å². The highest BCUT2D eigenvalue weighted by Crippen LogP contribution is 2.43. The molecule has 2 N–H and O–H groups in total. The number of rotatable bonds is 6. The van der Waals surface area contributed by atoms with E-state index in [9.17, 15) is 8.42 Å². The maximum Gasteiger partial charge on any atom is 0.488 e. The van der Waals surface area contributed by atoms with Crippen LogP contribution < -0.4 is 5.46 Å². The minimum Gasteiger partial charge on any atom is -0.423 e. The lowest BCUT2D eigenvalue weighted by Gasteiger charge is -2.29. The topological polar surface area (TPSA) is 74.6 Å². The maximum atomic E-state index is 13.0. The highest BCUT2D eigenvalue weighted by atomic mass is 32.2. The van der Waals surface area contributed by atoms with E-state index in [0.29, 0.717) is 10.4 Å². The van der Waals surface area contributed by atoms with Gasteiger partial charge in [-0.05, 0) is 36.9 Å². The molecule has 0 bridgehead atoms. The highest BCUT2D eigenvalue weighted by molar-refractivity contribution is 7.92. The first-order valence-electron chi connectivity index (χ1n) is 7.64. The first-order chi connectivity index (χ1) is 9.93. The Morgan fingerprint density at radius 2 is 1.71 bits per heavy atom. The van der Waals surface area contributed by atoms with Crippen molar-refractivity contribution in [3.63, 3.8) is 0 Å². The van der Waals surface area contributed by atoms with Crippen LogP contribution in [0.3, 0.4) is 0 Å². The van der Waals surface area contributed by atoms with Crippen molar-refractivity contribution < 1.29 is 18.5 Å². The van der Waals surface area contributed by atoms with E-state index in [1.54, 1.807) is 0 Å². The number of sulfone groups is 1. The van der Waals surface area contributed by atoms with E-state index >= 15 is 0 Å². The normalized spacial score (nSPS) is 17.9. The second-order valence-corrected chi connectivity index (χ2v) is 8.28. The SMILES string of the molecule is CCCCC1(S(=O)(=O)c2ccc(B(O)O)cc2)CCCC1. The Kier molecular flexibility index (Phi) is 5.12. The fourth-order valence-electron chi connectivity index (χ4n) is 3.24. The smallest absolute Gasteiger partial charge is 0.423 e. The summed E-state index contributed by atoms with van der Waals surface area (Å²) in [7, 11) is -4.95. The van der Waals surface area contributed by atoms with Gasteiger partial charge in [0.2, 0.25) is 0 Å². The minimum atomic E-state index is -3.38. The average Bonchev–Trinajstić information content (AvgIpc) is 2.95. The van der Waals surface area contributed by atoms with Crippen molar-refractivity contribution in [1.82, 2.24) is 0 Å². The molecule has 2 rings (SSSR count). The van der Waals surface area contributed by atoms with Gasteiger partial charge in [-0.2, -0.15) is 0 Å². The lowest BCUT2D eigenvalue weighted by Crippen LogP contribution is -2.36. The molecule has 0 aliphatic heterocycles. The molecule has 0 aromatic heterocycles. The summed E-state index contributed by atoms with van der Waals surface area (Å²) >= 11 is 0. The van der Waals surface area contributed by atoms with E-state index in [1.165, 1.54) is 24.3 Å². The molecular formula is C15H23BO4S. The first kappa shape index (κ1) is 16.5. The van der Waals surface area contributed by atoms with E-state index < -0.39 is 21.7 Å².